The summed E-state index contributed by atoms with van der Waals surface area (Å²) < 4.78 is 101. The fourth-order valence-electron chi connectivity index (χ4n) is 3.25. The van der Waals surface area contributed by atoms with Crippen LogP contribution in [0.25, 0.3) is 10.9 Å². The lowest BCUT2D eigenvalue weighted by Gasteiger charge is -2.40. The van der Waals surface area contributed by atoms with Gasteiger partial charge < -0.3 is 14.8 Å². The Morgan fingerprint density at radius 2 is 2.03 bits per heavy atom. The normalized spacial score (nSPS) is 23.5. The Bertz CT molecular complexity index is 1470. The number of nitrogens with zero attached hydrogens (tertiary/aromatic N) is 3. The third-order valence-electron chi connectivity index (χ3n) is 5.20. The number of anilines is 2. The van der Waals surface area contributed by atoms with Crippen LogP contribution in [0.15, 0.2) is 41.1 Å². The number of aromatic nitrogens is 2. The van der Waals surface area contributed by atoms with Gasteiger partial charge in [-0.25, -0.2) is 14.4 Å². The molecular formula is C25H30BrFN4O2. The van der Waals surface area contributed by atoms with Gasteiger partial charge in [-0.15, -0.1) is 0 Å². The smallest absolute Gasteiger partial charge is 0.163 e. The summed E-state index contributed by atoms with van der Waals surface area (Å²) in [6.45, 7) is 1.96. The second-order valence-corrected chi connectivity index (χ2v) is 9.39. The molecule has 0 unspecified atom stereocenters. The maximum absolute atomic E-state index is 14.5. The van der Waals surface area contributed by atoms with Gasteiger partial charge in [0.2, 0.25) is 0 Å². The van der Waals surface area contributed by atoms with Crippen LogP contribution < -0.4 is 14.8 Å². The molecule has 8 heteroatoms. The summed E-state index contributed by atoms with van der Waals surface area (Å²) in [5, 5.41) is 3.02. The fourth-order valence-corrected chi connectivity index (χ4v) is 3.59. The van der Waals surface area contributed by atoms with Crippen molar-refractivity contribution in [1.82, 2.24) is 14.9 Å². The van der Waals surface area contributed by atoms with Crippen molar-refractivity contribution in [2.75, 3.05) is 32.0 Å². The Hall–Kier alpha value is -2.45. The van der Waals surface area contributed by atoms with E-state index in [9.17, 15) is 4.39 Å². The second-order valence-electron chi connectivity index (χ2n) is 8.48. The quantitative estimate of drug-likeness (QED) is 0.415. The number of hydrogen-bond acceptors (Lipinski definition) is 6. The number of hydrogen-bond donors (Lipinski definition) is 1. The molecule has 0 atom stereocenters. The van der Waals surface area contributed by atoms with Crippen molar-refractivity contribution in [3.05, 3.63) is 46.9 Å². The van der Waals surface area contributed by atoms with Gasteiger partial charge in [0, 0.05) is 26.9 Å². The molecule has 0 spiro atoms. The molecule has 2 heterocycles. The number of ether oxygens (including phenoxy) is 2. The molecular weight excluding hydrogens is 487 g/mol. The zero-order chi connectivity index (χ0) is 31.5. The van der Waals surface area contributed by atoms with E-state index in [0.29, 0.717) is 4.47 Å². The van der Waals surface area contributed by atoms with Crippen LogP contribution in [0.2, 0.25) is 0 Å². The van der Waals surface area contributed by atoms with Crippen molar-refractivity contribution in [2.45, 2.75) is 39.1 Å². The maximum Gasteiger partial charge on any atom is 0.163 e. The highest BCUT2D eigenvalue weighted by molar-refractivity contribution is 9.10. The molecule has 33 heavy (non-hydrogen) atoms. The molecule has 1 aliphatic rings. The first-order valence-electron chi connectivity index (χ1n) is 14.7. The zero-order valence-electron chi connectivity index (χ0n) is 27.4. The van der Waals surface area contributed by atoms with Crippen LogP contribution in [0.5, 0.6) is 11.5 Å². The third-order valence-corrected chi connectivity index (χ3v) is 5.70. The average Bonchev–Trinajstić information content (AvgIpc) is 2.78. The predicted molar refractivity (Wildman–Crippen MR) is 133 cm³/mol. The average molecular weight is 526 g/mol. The standard InChI is InChI=1S/C25H30BrFN4O2/c1-25(2,3)31-9-7-16(8-10-31)14-33-23-13-21-18(12-22(23)32-4)24(29-15-28-21)30-20-6-5-17(26)11-19(20)27/h5-6,11-13,15-16H,7-10,14H2,1-4H3,(H,28,29,30)/i4D3,7D2,8D2,14D2. The van der Waals surface area contributed by atoms with Gasteiger partial charge in [0.15, 0.2) is 11.5 Å². The number of nitrogens with one attached hydrogen (secondary N) is 1. The first-order chi connectivity index (χ1) is 19.1. The minimum Gasteiger partial charge on any atom is -0.493 e. The van der Waals surface area contributed by atoms with Crippen molar-refractivity contribution in [3.8, 4) is 11.5 Å². The van der Waals surface area contributed by atoms with Crippen LogP contribution in [-0.4, -0.2) is 47.1 Å². The van der Waals surface area contributed by atoms with E-state index in [2.05, 4.69) is 31.2 Å². The summed E-state index contributed by atoms with van der Waals surface area (Å²) in [5.74, 6) is -3.30. The number of piperidine rings is 1. The molecule has 3 aromatic rings. The largest absolute Gasteiger partial charge is 0.493 e. The van der Waals surface area contributed by atoms with Crippen molar-refractivity contribution in [1.29, 1.82) is 0 Å². The Kier molecular flexibility index (Phi) is 4.38. The Balaban J connectivity index is 1.77. The van der Waals surface area contributed by atoms with E-state index < -0.39 is 55.1 Å². The molecule has 1 N–H and O–H groups in total. The van der Waals surface area contributed by atoms with Crippen LogP contribution in [0.3, 0.4) is 0 Å². The fraction of sp³-hybridized carbons (Fsp3) is 0.440. The molecule has 0 radical (unpaired) electrons. The van der Waals surface area contributed by atoms with Gasteiger partial charge in [-0.2, -0.15) is 0 Å². The highest BCUT2D eigenvalue weighted by atomic mass is 79.9. The summed E-state index contributed by atoms with van der Waals surface area (Å²) in [6, 6.07) is 6.69. The highest BCUT2D eigenvalue weighted by Gasteiger charge is 2.27. The molecule has 6 nitrogen and oxygen atoms in total. The second kappa shape index (κ2) is 9.81. The molecule has 1 saturated heterocycles. The highest BCUT2D eigenvalue weighted by Crippen LogP contribution is 2.36. The zero-order valence-corrected chi connectivity index (χ0v) is 20.0. The van der Waals surface area contributed by atoms with E-state index in [1.807, 2.05) is 20.8 Å². The molecule has 0 aliphatic carbocycles. The molecule has 1 fully saturated rings. The predicted octanol–water partition coefficient (Wildman–Crippen LogP) is 6.17. The van der Waals surface area contributed by atoms with Crippen LogP contribution >= 0.6 is 15.9 Å². The first-order valence-corrected chi connectivity index (χ1v) is 11.0. The SMILES string of the molecule is [2H]C([2H])([2H])Oc1cc2c(Nc3ccc(Br)cc3F)ncnc2cc1OC([2H])([2H])C1C([2H])([2H])CN(C(C)(C)C)CC1([2H])[2H]. The summed E-state index contributed by atoms with van der Waals surface area (Å²) in [4.78, 5) is 9.89. The van der Waals surface area contributed by atoms with Crippen LogP contribution in [0.4, 0.5) is 15.9 Å². The minimum atomic E-state index is -3.00. The third kappa shape index (κ3) is 5.55. The molecule has 0 bridgehead atoms. The molecule has 1 aromatic heterocycles. The lowest BCUT2D eigenvalue weighted by Crippen LogP contribution is -2.46. The van der Waals surface area contributed by atoms with Crippen molar-refractivity contribution in [2.24, 2.45) is 5.92 Å². The van der Waals surface area contributed by atoms with E-state index in [1.165, 1.54) is 24.3 Å². The van der Waals surface area contributed by atoms with E-state index >= 15 is 0 Å². The Morgan fingerprint density at radius 1 is 1.24 bits per heavy atom. The number of likely N-dealkylation sites (tertiary alicyclic amines) is 1. The number of halogens is 2. The van der Waals surface area contributed by atoms with E-state index in [4.69, 9.17) is 21.8 Å². The lowest BCUT2D eigenvalue weighted by atomic mass is 9.93. The molecule has 2 aromatic carbocycles. The Morgan fingerprint density at radius 3 is 2.73 bits per heavy atom. The first kappa shape index (κ1) is 14.7. The summed E-state index contributed by atoms with van der Waals surface area (Å²) >= 11 is 3.19. The van der Waals surface area contributed by atoms with Gasteiger partial charge in [-0.05, 0) is 76.8 Å². The van der Waals surface area contributed by atoms with Gasteiger partial charge in [0.25, 0.3) is 0 Å². The molecule has 4 rings (SSSR count). The van der Waals surface area contributed by atoms with Gasteiger partial charge in [-0.1, -0.05) is 15.9 Å². The number of methoxy groups -OCH3 is 1. The Labute approximate surface area is 215 Å². The number of fused-ring (bicyclic) bond motifs is 1. The summed E-state index contributed by atoms with van der Waals surface area (Å²) in [6.07, 6.45) is -3.60. The number of rotatable bonds is 6. The van der Waals surface area contributed by atoms with Crippen molar-refractivity contribution < 1.29 is 26.2 Å². The maximum atomic E-state index is 14.5. The molecule has 1 aliphatic heterocycles. The van der Waals surface area contributed by atoms with E-state index in [-0.39, 0.29) is 35.5 Å². The van der Waals surface area contributed by atoms with Gasteiger partial charge in [0.1, 0.15) is 18.0 Å². The van der Waals surface area contributed by atoms with E-state index in [0.717, 1.165) is 6.33 Å². The number of benzene rings is 2. The lowest BCUT2D eigenvalue weighted by molar-refractivity contribution is 0.0716. The topological polar surface area (TPSA) is 59.5 Å². The summed E-state index contributed by atoms with van der Waals surface area (Å²) in [5.41, 5.74) is -0.371. The molecule has 176 valence electrons. The van der Waals surface area contributed by atoms with Crippen LogP contribution in [-0.2, 0) is 0 Å². The van der Waals surface area contributed by atoms with Crippen LogP contribution in [0.1, 0.15) is 45.9 Å². The van der Waals surface area contributed by atoms with Crippen molar-refractivity contribution >= 4 is 38.3 Å². The molecule has 0 amide bonds. The molecule has 0 saturated carbocycles. The van der Waals surface area contributed by atoms with Gasteiger partial charge >= 0.3 is 0 Å². The van der Waals surface area contributed by atoms with Gasteiger partial charge in [0.05, 0.1) is 31.7 Å². The van der Waals surface area contributed by atoms with Crippen molar-refractivity contribution in [3.63, 3.8) is 0 Å². The van der Waals surface area contributed by atoms with Gasteiger partial charge in [-0.3, -0.25) is 4.90 Å². The van der Waals surface area contributed by atoms with E-state index in [1.54, 1.807) is 11.0 Å². The monoisotopic (exact) mass is 525 g/mol. The summed E-state index contributed by atoms with van der Waals surface area (Å²) in [7, 11) is -3.00. The minimum absolute atomic E-state index is 0.0687. The van der Waals surface area contributed by atoms with Crippen LogP contribution in [0, 0.1) is 11.7 Å².